The third-order valence-electron chi connectivity index (χ3n) is 1.29. The van der Waals surface area contributed by atoms with Crippen LogP contribution in [0.2, 0.25) is 0 Å². The van der Waals surface area contributed by atoms with E-state index in [9.17, 15) is 4.79 Å². The van der Waals surface area contributed by atoms with Gasteiger partial charge in [-0.2, -0.15) is 5.10 Å². The normalized spacial score (nSPS) is 10.2. The second kappa shape index (κ2) is 2.12. The SMILES string of the molecule is O=c1[nH]ncc2nccnc12. The Bertz CT molecular complexity index is 430. The minimum absolute atomic E-state index is 0.310. The molecule has 5 heteroatoms. The highest BCUT2D eigenvalue weighted by atomic mass is 16.1. The fourth-order valence-corrected chi connectivity index (χ4v) is 0.823. The summed E-state index contributed by atoms with van der Waals surface area (Å²) in [6, 6.07) is 0. The van der Waals surface area contributed by atoms with E-state index < -0.39 is 0 Å². The van der Waals surface area contributed by atoms with Crippen molar-refractivity contribution >= 4 is 11.0 Å². The molecule has 0 spiro atoms. The molecule has 54 valence electrons. The predicted octanol–water partition coefficient (Wildman–Crippen LogP) is -0.287. The standard InChI is InChI=1S/C6H4N4O/c11-6-5-4(3-9-10-6)7-1-2-8-5/h1-3H,(H,10,11). The van der Waals surface area contributed by atoms with Gasteiger partial charge in [-0.1, -0.05) is 0 Å². The molecule has 0 amide bonds. The van der Waals surface area contributed by atoms with Crippen LogP contribution in [0, 0.1) is 0 Å². The van der Waals surface area contributed by atoms with Crippen LogP contribution in [0.5, 0.6) is 0 Å². The summed E-state index contributed by atoms with van der Waals surface area (Å²) in [5.74, 6) is 0. The lowest BCUT2D eigenvalue weighted by atomic mass is 10.4. The monoisotopic (exact) mass is 148 g/mol. The predicted molar refractivity (Wildman–Crippen MR) is 38.0 cm³/mol. The van der Waals surface area contributed by atoms with Crippen molar-refractivity contribution in [1.82, 2.24) is 20.2 Å². The van der Waals surface area contributed by atoms with Gasteiger partial charge in [0.1, 0.15) is 5.52 Å². The molecule has 0 unspecified atom stereocenters. The van der Waals surface area contributed by atoms with Crippen molar-refractivity contribution in [2.75, 3.05) is 0 Å². The lowest BCUT2D eigenvalue weighted by molar-refractivity contribution is 0.995. The largest absolute Gasteiger partial charge is 0.292 e. The number of hydrogen-bond donors (Lipinski definition) is 1. The quantitative estimate of drug-likeness (QED) is 0.557. The molecule has 5 nitrogen and oxygen atoms in total. The van der Waals surface area contributed by atoms with Crippen LogP contribution in [0.15, 0.2) is 23.4 Å². The number of aromatic amines is 1. The van der Waals surface area contributed by atoms with Gasteiger partial charge in [0, 0.05) is 12.4 Å². The summed E-state index contributed by atoms with van der Waals surface area (Å²) in [6.45, 7) is 0. The molecule has 0 radical (unpaired) electrons. The smallest absolute Gasteiger partial charge is 0.265 e. The first-order valence-electron chi connectivity index (χ1n) is 3.02. The molecule has 0 saturated carbocycles. The number of nitrogens with one attached hydrogen (secondary N) is 1. The van der Waals surface area contributed by atoms with Gasteiger partial charge in [-0.3, -0.25) is 9.78 Å². The molecule has 0 fully saturated rings. The van der Waals surface area contributed by atoms with Crippen LogP contribution in [0.1, 0.15) is 0 Å². The molecule has 11 heavy (non-hydrogen) atoms. The number of nitrogens with zero attached hydrogens (tertiary/aromatic N) is 3. The van der Waals surface area contributed by atoms with Crippen LogP contribution in [0.4, 0.5) is 0 Å². The summed E-state index contributed by atoms with van der Waals surface area (Å²) in [5, 5.41) is 5.84. The van der Waals surface area contributed by atoms with Gasteiger partial charge in [0.05, 0.1) is 6.20 Å². The Labute approximate surface area is 61.1 Å². The van der Waals surface area contributed by atoms with Crippen molar-refractivity contribution in [2.45, 2.75) is 0 Å². The molecule has 0 aliphatic rings. The molecule has 2 heterocycles. The summed E-state index contributed by atoms with van der Waals surface area (Å²) in [7, 11) is 0. The highest BCUT2D eigenvalue weighted by Crippen LogP contribution is 1.95. The topological polar surface area (TPSA) is 71.5 Å². The van der Waals surface area contributed by atoms with Gasteiger partial charge in [0.2, 0.25) is 0 Å². The first-order valence-corrected chi connectivity index (χ1v) is 3.02. The minimum Gasteiger partial charge on any atom is -0.265 e. The van der Waals surface area contributed by atoms with Gasteiger partial charge >= 0.3 is 0 Å². The summed E-state index contributed by atoms with van der Waals surface area (Å²) in [5.41, 5.74) is 0.523. The number of aromatic nitrogens is 4. The van der Waals surface area contributed by atoms with Crippen LogP contribution in [0.3, 0.4) is 0 Å². The zero-order valence-electron chi connectivity index (χ0n) is 5.48. The van der Waals surface area contributed by atoms with E-state index >= 15 is 0 Å². The molecule has 0 aliphatic carbocycles. The molecule has 0 atom stereocenters. The lowest BCUT2D eigenvalue weighted by Gasteiger charge is -1.89. The molecule has 2 rings (SSSR count). The van der Waals surface area contributed by atoms with Crippen LogP contribution in [-0.2, 0) is 0 Å². The van der Waals surface area contributed by atoms with E-state index in [0.29, 0.717) is 11.0 Å². The van der Waals surface area contributed by atoms with E-state index in [1.165, 1.54) is 18.6 Å². The zero-order chi connectivity index (χ0) is 7.68. The van der Waals surface area contributed by atoms with Crippen LogP contribution in [0.25, 0.3) is 11.0 Å². The first-order chi connectivity index (χ1) is 5.38. The Balaban J connectivity index is 3.03. The van der Waals surface area contributed by atoms with Crippen molar-refractivity contribution in [3.63, 3.8) is 0 Å². The number of hydrogen-bond acceptors (Lipinski definition) is 4. The van der Waals surface area contributed by atoms with Crippen LogP contribution >= 0.6 is 0 Å². The highest BCUT2D eigenvalue weighted by molar-refractivity contribution is 5.70. The molecular weight excluding hydrogens is 144 g/mol. The Morgan fingerprint density at radius 2 is 2.09 bits per heavy atom. The molecule has 0 aromatic carbocycles. The maximum absolute atomic E-state index is 11.0. The van der Waals surface area contributed by atoms with Gasteiger partial charge in [-0.25, -0.2) is 10.1 Å². The van der Waals surface area contributed by atoms with Crippen molar-refractivity contribution < 1.29 is 0 Å². The van der Waals surface area contributed by atoms with E-state index in [0.717, 1.165) is 0 Å². The Morgan fingerprint density at radius 3 is 2.91 bits per heavy atom. The van der Waals surface area contributed by atoms with Gasteiger partial charge in [-0.15, -0.1) is 0 Å². The first kappa shape index (κ1) is 5.96. The van der Waals surface area contributed by atoms with E-state index in [4.69, 9.17) is 0 Å². The van der Waals surface area contributed by atoms with Crippen molar-refractivity contribution in [1.29, 1.82) is 0 Å². The molecule has 0 saturated heterocycles. The third kappa shape index (κ3) is 0.861. The van der Waals surface area contributed by atoms with Gasteiger partial charge in [0.25, 0.3) is 5.56 Å². The number of H-pyrrole nitrogens is 1. The van der Waals surface area contributed by atoms with Gasteiger partial charge < -0.3 is 0 Å². The summed E-state index contributed by atoms with van der Waals surface area (Å²) < 4.78 is 0. The van der Waals surface area contributed by atoms with Crippen molar-refractivity contribution in [3.8, 4) is 0 Å². The molecule has 1 N–H and O–H groups in total. The Morgan fingerprint density at radius 1 is 1.27 bits per heavy atom. The van der Waals surface area contributed by atoms with Crippen molar-refractivity contribution in [3.05, 3.63) is 28.9 Å². The van der Waals surface area contributed by atoms with E-state index in [2.05, 4.69) is 20.2 Å². The van der Waals surface area contributed by atoms with E-state index in [1.54, 1.807) is 0 Å². The molecule has 2 aromatic heterocycles. The molecule has 0 aliphatic heterocycles. The van der Waals surface area contributed by atoms with Gasteiger partial charge in [0.15, 0.2) is 5.52 Å². The average Bonchev–Trinajstić information content (AvgIpc) is 2.06. The minimum atomic E-state index is -0.310. The third-order valence-corrected chi connectivity index (χ3v) is 1.29. The Hall–Kier alpha value is -1.78. The highest BCUT2D eigenvalue weighted by Gasteiger charge is 1.97. The molecular formula is C6H4N4O. The second-order valence-corrected chi connectivity index (χ2v) is 1.99. The molecule has 2 aromatic rings. The van der Waals surface area contributed by atoms with Gasteiger partial charge in [-0.05, 0) is 0 Å². The van der Waals surface area contributed by atoms with E-state index in [1.807, 2.05) is 0 Å². The zero-order valence-corrected chi connectivity index (χ0v) is 5.48. The average molecular weight is 148 g/mol. The summed E-state index contributed by atoms with van der Waals surface area (Å²) in [6.07, 6.45) is 4.45. The maximum Gasteiger partial charge on any atom is 0.292 e. The maximum atomic E-state index is 11.0. The summed E-state index contributed by atoms with van der Waals surface area (Å²) in [4.78, 5) is 18.7. The fraction of sp³-hybridized carbons (Fsp3) is 0. The number of fused-ring (bicyclic) bond motifs is 1. The summed E-state index contributed by atoms with van der Waals surface area (Å²) >= 11 is 0. The second-order valence-electron chi connectivity index (χ2n) is 1.99. The fourth-order valence-electron chi connectivity index (χ4n) is 0.823. The van der Waals surface area contributed by atoms with E-state index in [-0.39, 0.29) is 5.56 Å². The van der Waals surface area contributed by atoms with Crippen LogP contribution in [-0.4, -0.2) is 20.2 Å². The van der Waals surface area contributed by atoms with Crippen molar-refractivity contribution in [2.24, 2.45) is 0 Å². The lowest BCUT2D eigenvalue weighted by Crippen LogP contribution is -2.09. The Kier molecular flexibility index (Phi) is 1.15. The van der Waals surface area contributed by atoms with Crippen LogP contribution < -0.4 is 5.56 Å². The molecule has 0 bridgehead atoms. The number of rotatable bonds is 0.